The molecule has 0 aliphatic rings. The van der Waals surface area contributed by atoms with Crippen molar-refractivity contribution in [3.8, 4) is 0 Å². The van der Waals surface area contributed by atoms with E-state index in [0.717, 1.165) is 6.26 Å². The quantitative estimate of drug-likeness (QED) is 0.733. The second-order valence-corrected chi connectivity index (χ2v) is 7.49. The summed E-state index contributed by atoms with van der Waals surface area (Å²) in [7, 11) is -3.39. The lowest BCUT2D eigenvalue weighted by molar-refractivity contribution is 0.0946. The van der Waals surface area contributed by atoms with Crippen molar-refractivity contribution < 1.29 is 13.2 Å². The summed E-state index contributed by atoms with van der Waals surface area (Å²) in [6, 6.07) is 13.6. The fraction of sp³-hybridized carbons (Fsp3) is 0.118. The van der Waals surface area contributed by atoms with Gasteiger partial charge in [0.25, 0.3) is 5.91 Å². The van der Waals surface area contributed by atoms with Crippen LogP contribution < -0.4 is 11.1 Å². The lowest BCUT2D eigenvalue weighted by Crippen LogP contribution is -2.26. The van der Waals surface area contributed by atoms with Crippen LogP contribution in [0.4, 0.5) is 5.82 Å². The highest BCUT2D eigenvalue weighted by molar-refractivity contribution is 7.90. The highest BCUT2D eigenvalue weighted by atomic mass is 32.2. The Bertz CT molecular complexity index is 1060. The summed E-state index contributed by atoms with van der Waals surface area (Å²) in [5.74, 6) is -0.494. The second kappa shape index (κ2) is 6.48. The van der Waals surface area contributed by atoms with Gasteiger partial charge in [0.2, 0.25) is 0 Å². The third-order valence-corrected chi connectivity index (χ3v) is 4.82. The van der Waals surface area contributed by atoms with Crippen molar-refractivity contribution in [1.29, 1.82) is 0 Å². The Kier molecular flexibility index (Phi) is 4.37. The van der Waals surface area contributed by atoms with Gasteiger partial charge >= 0.3 is 0 Å². The highest BCUT2D eigenvalue weighted by Crippen LogP contribution is 2.17. The predicted octanol–water partition coefficient (Wildman–Crippen LogP) is 1.55. The molecule has 3 rings (SSSR count). The Hall–Kier alpha value is -3.00. The van der Waals surface area contributed by atoms with Crippen LogP contribution in [0.1, 0.15) is 16.1 Å². The number of hydrogen-bond acceptors (Lipinski definition) is 6. The Morgan fingerprint density at radius 2 is 1.64 bits per heavy atom. The Balaban J connectivity index is 1.86. The maximum atomic E-state index is 12.4. The van der Waals surface area contributed by atoms with Crippen LogP contribution >= 0.6 is 0 Å². The number of rotatable bonds is 4. The summed E-state index contributed by atoms with van der Waals surface area (Å²) in [4.78, 5) is 21.0. The predicted molar refractivity (Wildman–Crippen MR) is 94.7 cm³/mol. The van der Waals surface area contributed by atoms with Crippen LogP contribution in [0.15, 0.2) is 53.4 Å². The summed E-state index contributed by atoms with van der Waals surface area (Å²) in [6.07, 6.45) is 1.13. The summed E-state index contributed by atoms with van der Waals surface area (Å²) in [5, 5.41) is 2.65. The monoisotopic (exact) mass is 356 g/mol. The first-order valence-electron chi connectivity index (χ1n) is 7.44. The average molecular weight is 356 g/mol. The number of benzene rings is 2. The molecule has 3 N–H and O–H groups in total. The number of anilines is 1. The molecule has 128 valence electrons. The molecule has 0 spiro atoms. The number of aromatic nitrogens is 2. The fourth-order valence-corrected chi connectivity index (χ4v) is 3.39. The number of nitrogens with one attached hydrogen (secondary N) is 1. The van der Waals surface area contributed by atoms with Crippen molar-refractivity contribution >= 4 is 32.6 Å². The van der Waals surface area contributed by atoms with Crippen LogP contribution in [0.5, 0.6) is 0 Å². The van der Waals surface area contributed by atoms with Crippen LogP contribution in [0.25, 0.3) is 11.0 Å². The minimum atomic E-state index is -3.39. The Morgan fingerprint density at radius 1 is 1.04 bits per heavy atom. The topological polar surface area (TPSA) is 115 Å². The zero-order valence-electron chi connectivity index (χ0n) is 13.4. The summed E-state index contributed by atoms with van der Waals surface area (Å²) in [5.41, 5.74) is 7.48. The van der Waals surface area contributed by atoms with E-state index in [2.05, 4.69) is 15.3 Å². The number of sulfone groups is 1. The normalized spacial score (nSPS) is 11.4. The van der Waals surface area contributed by atoms with Gasteiger partial charge in [-0.2, -0.15) is 0 Å². The average Bonchev–Trinajstić information content (AvgIpc) is 2.58. The van der Waals surface area contributed by atoms with Gasteiger partial charge in [0.15, 0.2) is 21.3 Å². The molecular weight excluding hydrogens is 340 g/mol. The minimum absolute atomic E-state index is 0.00976. The summed E-state index contributed by atoms with van der Waals surface area (Å²) >= 11 is 0. The molecule has 0 radical (unpaired) electrons. The van der Waals surface area contributed by atoms with Gasteiger partial charge in [-0.1, -0.05) is 30.3 Å². The summed E-state index contributed by atoms with van der Waals surface area (Å²) < 4.78 is 23.6. The van der Waals surface area contributed by atoms with E-state index in [1.165, 1.54) is 6.07 Å². The van der Waals surface area contributed by atoms with Crippen LogP contribution in [0.3, 0.4) is 0 Å². The molecule has 0 saturated heterocycles. The van der Waals surface area contributed by atoms with Gasteiger partial charge in [0.1, 0.15) is 0 Å². The number of carbonyl (C=O) groups is 1. The van der Waals surface area contributed by atoms with E-state index >= 15 is 0 Å². The van der Waals surface area contributed by atoms with E-state index in [1.807, 2.05) is 0 Å². The standard InChI is InChI=1S/C17H16N4O3S/c1-25(23,24)14-9-5-2-6-11(14)10-19-17(22)15-16(18)21-13-8-4-3-7-12(13)20-15/h2-9H,10H2,1H3,(H2,18,21)(H,19,22). The van der Waals surface area contributed by atoms with Gasteiger partial charge < -0.3 is 11.1 Å². The SMILES string of the molecule is CS(=O)(=O)c1ccccc1CNC(=O)c1nc2ccccc2nc1N. The van der Waals surface area contributed by atoms with Crippen molar-refractivity contribution in [2.45, 2.75) is 11.4 Å². The van der Waals surface area contributed by atoms with Crippen LogP contribution in [0.2, 0.25) is 0 Å². The van der Waals surface area contributed by atoms with Gasteiger partial charge in [-0.3, -0.25) is 4.79 Å². The zero-order valence-corrected chi connectivity index (χ0v) is 14.2. The van der Waals surface area contributed by atoms with Crippen LogP contribution in [0, 0.1) is 0 Å². The van der Waals surface area contributed by atoms with Gasteiger partial charge in [0.05, 0.1) is 15.9 Å². The minimum Gasteiger partial charge on any atom is -0.382 e. The zero-order chi connectivity index (χ0) is 18.0. The van der Waals surface area contributed by atoms with Gasteiger partial charge in [-0.15, -0.1) is 0 Å². The van der Waals surface area contributed by atoms with Gasteiger partial charge in [0, 0.05) is 12.8 Å². The molecule has 0 aliphatic heterocycles. The Morgan fingerprint density at radius 3 is 2.32 bits per heavy atom. The number of fused-ring (bicyclic) bond motifs is 1. The molecule has 1 aromatic heterocycles. The number of hydrogen-bond donors (Lipinski definition) is 2. The largest absolute Gasteiger partial charge is 0.382 e. The molecule has 0 bridgehead atoms. The molecule has 0 fully saturated rings. The van der Waals surface area contributed by atoms with Gasteiger partial charge in [-0.25, -0.2) is 18.4 Å². The number of nitrogens with zero attached hydrogens (tertiary/aromatic N) is 2. The van der Waals surface area contributed by atoms with E-state index in [-0.39, 0.29) is 23.0 Å². The van der Waals surface area contributed by atoms with Crippen molar-refractivity contribution in [3.05, 3.63) is 59.8 Å². The molecule has 7 nitrogen and oxygen atoms in total. The third kappa shape index (κ3) is 3.58. The number of carbonyl (C=O) groups excluding carboxylic acids is 1. The molecule has 2 aromatic carbocycles. The van der Waals surface area contributed by atoms with Gasteiger partial charge in [-0.05, 0) is 23.8 Å². The number of amides is 1. The first-order chi connectivity index (χ1) is 11.9. The summed E-state index contributed by atoms with van der Waals surface area (Å²) in [6.45, 7) is 0.0377. The number of para-hydroxylation sites is 2. The van der Waals surface area contributed by atoms with Crippen LogP contribution in [-0.2, 0) is 16.4 Å². The van der Waals surface area contributed by atoms with Crippen molar-refractivity contribution in [2.75, 3.05) is 12.0 Å². The molecular formula is C17H16N4O3S. The maximum Gasteiger partial charge on any atom is 0.274 e. The van der Waals surface area contributed by atoms with Crippen molar-refractivity contribution in [2.24, 2.45) is 0 Å². The number of nitrogens with two attached hydrogens (primary N) is 1. The Labute approximate surface area is 144 Å². The highest BCUT2D eigenvalue weighted by Gasteiger charge is 2.16. The van der Waals surface area contributed by atoms with E-state index in [4.69, 9.17) is 5.73 Å². The molecule has 0 atom stereocenters. The molecule has 25 heavy (non-hydrogen) atoms. The van der Waals surface area contributed by atoms with E-state index < -0.39 is 15.7 Å². The van der Waals surface area contributed by atoms with Crippen molar-refractivity contribution in [1.82, 2.24) is 15.3 Å². The van der Waals surface area contributed by atoms with E-state index in [1.54, 1.807) is 42.5 Å². The molecule has 1 heterocycles. The first kappa shape index (κ1) is 16.8. The molecule has 8 heteroatoms. The molecule has 1 amide bonds. The second-order valence-electron chi connectivity index (χ2n) is 5.51. The first-order valence-corrected chi connectivity index (χ1v) is 9.34. The molecule has 0 saturated carbocycles. The van der Waals surface area contributed by atoms with E-state index in [9.17, 15) is 13.2 Å². The van der Waals surface area contributed by atoms with Crippen LogP contribution in [-0.4, -0.2) is 30.5 Å². The lowest BCUT2D eigenvalue weighted by atomic mass is 10.2. The molecule has 0 aliphatic carbocycles. The third-order valence-electron chi connectivity index (χ3n) is 3.62. The fourth-order valence-electron chi connectivity index (χ4n) is 2.45. The smallest absolute Gasteiger partial charge is 0.274 e. The van der Waals surface area contributed by atoms with E-state index in [0.29, 0.717) is 16.6 Å². The number of nitrogen functional groups attached to an aromatic ring is 1. The molecule has 3 aromatic rings. The van der Waals surface area contributed by atoms with Crippen molar-refractivity contribution in [3.63, 3.8) is 0 Å². The molecule has 0 unspecified atom stereocenters. The lowest BCUT2D eigenvalue weighted by Gasteiger charge is -2.10. The maximum absolute atomic E-state index is 12.4.